The van der Waals surface area contributed by atoms with Gasteiger partial charge < -0.3 is 32.1 Å². The Kier molecular flexibility index (Phi) is 9.70. The summed E-state index contributed by atoms with van der Waals surface area (Å²) in [5, 5.41) is 13.8. The number of carboxylic acids is 1. The molecule has 4 unspecified atom stereocenters. The highest BCUT2D eigenvalue weighted by molar-refractivity contribution is 5.94. The minimum absolute atomic E-state index is 0.0905. The van der Waals surface area contributed by atoms with Crippen LogP contribution in [0.25, 0.3) is 0 Å². The second kappa shape index (κ2) is 11.5. The molecule has 1 aliphatic heterocycles. The van der Waals surface area contributed by atoms with Crippen molar-refractivity contribution in [3.05, 3.63) is 0 Å². The maximum Gasteiger partial charge on any atom is 0.325 e. The van der Waals surface area contributed by atoms with Gasteiger partial charge in [-0.1, -0.05) is 13.8 Å². The second-order valence-corrected chi connectivity index (χ2v) is 8.06. The zero-order valence-electron chi connectivity index (χ0n) is 17.7. The molecule has 4 amide bonds. The van der Waals surface area contributed by atoms with E-state index in [1.165, 1.54) is 11.8 Å². The van der Waals surface area contributed by atoms with Crippen molar-refractivity contribution in [2.75, 3.05) is 6.54 Å². The molecular weight excluding hydrogens is 394 g/mol. The zero-order valence-corrected chi connectivity index (χ0v) is 17.7. The second-order valence-electron chi connectivity index (χ2n) is 8.06. The SMILES string of the molecule is CC(C)CC(N)C(=O)N1CCCC1C(=O)NC(CCC(N)=O)C(=O)NC(C)C(=O)O. The minimum atomic E-state index is -1.24. The van der Waals surface area contributed by atoms with Gasteiger partial charge >= 0.3 is 5.97 Å². The van der Waals surface area contributed by atoms with Crippen LogP contribution in [0, 0.1) is 5.92 Å². The molecule has 0 aromatic heterocycles. The number of hydrogen-bond donors (Lipinski definition) is 5. The van der Waals surface area contributed by atoms with Crippen LogP contribution in [-0.2, 0) is 24.0 Å². The van der Waals surface area contributed by atoms with E-state index >= 15 is 0 Å². The highest BCUT2D eigenvalue weighted by Crippen LogP contribution is 2.20. The van der Waals surface area contributed by atoms with E-state index in [2.05, 4.69) is 10.6 Å². The lowest BCUT2D eigenvalue weighted by atomic mass is 10.0. The van der Waals surface area contributed by atoms with Gasteiger partial charge in [-0.2, -0.15) is 0 Å². The summed E-state index contributed by atoms with van der Waals surface area (Å²) in [7, 11) is 0. The first-order valence-electron chi connectivity index (χ1n) is 10.1. The number of nitrogens with two attached hydrogens (primary N) is 2. The standard InChI is InChI=1S/C19H33N5O6/c1-10(2)9-12(20)18(28)24-8-4-5-14(24)17(27)23-13(6-7-15(21)25)16(26)22-11(3)19(29)30/h10-14H,4-9,20H2,1-3H3,(H2,21,25)(H,22,26)(H,23,27)(H,29,30). The molecule has 4 atom stereocenters. The van der Waals surface area contributed by atoms with Gasteiger partial charge in [0.05, 0.1) is 6.04 Å². The lowest BCUT2D eigenvalue weighted by molar-refractivity contribution is -0.143. The highest BCUT2D eigenvalue weighted by Gasteiger charge is 2.37. The number of nitrogens with one attached hydrogen (secondary N) is 2. The molecule has 1 rings (SSSR count). The van der Waals surface area contributed by atoms with Gasteiger partial charge in [0, 0.05) is 13.0 Å². The van der Waals surface area contributed by atoms with Gasteiger partial charge in [0.25, 0.3) is 0 Å². The number of likely N-dealkylation sites (tertiary alicyclic amines) is 1. The summed E-state index contributed by atoms with van der Waals surface area (Å²) in [6.45, 7) is 5.56. The van der Waals surface area contributed by atoms with E-state index in [4.69, 9.17) is 16.6 Å². The molecule has 0 aromatic rings. The first kappa shape index (κ1) is 25.3. The zero-order chi connectivity index (χ0) is 23.0. The normalized spacial score (nSPS) is 19.1. The summed E-state index contributed by atoms with van der Waals surface area (Å²) in [5.41, 5.74) is 11.1. The fraction of sp³-hybridized carbons (Fsp3) is 0.737. The largest absolute Gasteiger partial charge is 0.480 e. The van der Waals surface area contributed by atoms with E-state index in [0.717, 1.165) is 0 Å². The number of hydrogen-bond acceptors (Lipinski definition) is 6. The van der Waals surface area contributed by atoms with Crippen molar-refractivity contribution in [2.45, 2.75) is 77.0 Å². The summed E-state index contributed by atoms with van der Waals surface area (Å²) < 4.78 is 0. The number of carboxylic acid groups (broad SMARTS) is 1. The van der Waals surface area contributed by atoms with Crippen LogP contribution in [0.4, 0.5) is 0 Å². The molecule has 1 saturated heterocycles. The van der Waals surface area contributed by atoms with Crippen LogP contribution in [0.5, 0.6) is 0 Å². The van der Waals surface area contributed by atoms with E-state index in [9.17, 15) is 24.0 Å². The van der Waals surface area contributed by atoms with Crippen molar-refractivity contribution in [1.82, 2.24) is 15.5 Å². The van der Waals surface area contributed by atoms with Gasteiger partial charge in [0.15, 0.2) is 0 Å². The van der Waals surface area contributed by atoms with Crippen LogP contribution in [0.3, 0.4) is 0 Å². The molecule has 11 nitrogen and oxygen atoms in total. The van der Waals surface area contributed by atoms with Gasteiger partial charge in [0.1, 0.15) is 18.1 Å². The third-order valence-electron chi connectivity index (χ3n) is 4.92. The van der Waals surface area contributed by atoms with Crippen LogP contribution in [0.15, 0.2) is 0 Å². The van der Waals surface area contributed by atoms with E-state index in [1.54, 1.807) is 0 Å². The molecule has 0 bridgehead atoms. The number of aliphatic carboxylic acids is 1. The highest BCUT2D eigenvalue weighted by atomic mass is 16.4. The third-order valence-corrected chi connectivity index (χ3v) is 4.92. The van der Waals surface area contributed by atoms with Crippen LogP contribution < -0.4 is 22.1 Å². The summed E-state index contributed by atoms with van der Waals surface area (Å²) in [6.07, 6.45) is 1.26. The molecule has 0 spiro atoms. The maximum absolute atomic E-state index is 12.8. The van der Waals surface area contributed by atoms with Crippen molar-refractivity contribution in [3.63, 3.8) is 0 Å². The van der Waals surface area contributed by atoms with Gasteiger partial charge in [-0.3, -0.25) is 24.0 Å². The lowest BCUT2D eigenvalue weighted by Crippen LogP contribution is -2.56. The number of primary amides is 1. The van der Waals surface area contributed by atoms with Crippen LogP contribution in [-0.4, -0.2) is 70.3 Å². The van der Waals surface area contributed by atoms with Crippen molar-refractivity contribution in [1.29, 1.82) is 0 Å². The number of nitrogens with zero attached hydrogens (tertiary/aromatic N) is 1. The van der Waals surface area contributed by atoms with E-state index in [-0.39, 0.29) is 24.7 Å². The summed E-state index contributed by atoms with van der Waals surface area (Å²) in [5.74, 6) is -3.30. The topological polar surface area (TPSA) is 185 Å². The minimum Gasteiger partial charge on any atom is -0.480 e. The lowest BCUT2D eigenvalue weighted by Gasteiger charge is -2.29. The fourth-order valence-electron chi connectivity index (χ4n) is 3.32. The molecular formula is C19H33N5O6. The molecule has 0 radical (unpaired) electrons. The summed E-state index contributed by atoms with van der Waals surface area (Å²) >= 11 is 0. The summed E-state index contributed by atoms with van der Waals surface area (Å²) in [4.78, 5) is 61.4. The van der Waals surface area contributed by atoms with Gasteiger partial charge in [0.2, 0.25) is 23.6 Å². The van der Waals surface area contributed by atoms with Crippen LogP contribution >= 0.6 is 0 Å². The first-order valence-corrected chi connectivity index (χ1v) is 10.1. The Morgan fingerprint density at radius 3 is 2.30 bits per heavy atom. The Bertz CT molecular complexity index is 668. The average Bonchev–Trinajstić information content (AvgIpc) is 3.13. The Morgan fingerprint density at radius 1 is 1.13 bits per heavy atom. The van der Waals surface area contributed by atoms with Crippen molar-refractivity contribution in [3.8, 4) is 0 Å². The molecule has 170 valence electrons. The Balaban J connectivity index is 2.87. The predicted octanol–water partition coefficient (Wildman–Crippen LogP) is -1.31. The molecule has 1 fully saturated rings. The molecule has 30 heavy (non-hydrogen) atoms. The molecule has 0 aliphatic carbocycles. The predicted molar refractivity (Wildman–Crippen MR) is 108 cm³/mol. The maximum atomic E-state index is 12.8. The van der Waals surface area contributed by atoms with Crippen molar-refractivity contribution in [2.24, 2.45) is 17.4 Å². The van der Waals surface area contributed by atoms with Crippen LogP contribution in [0.1, 0.15) is 52.9 Å². The Morgan fingerprint density at radius 2 is 1.77 bits per heavy atom. The Labute approximate surface area is 175 Å². The summed E-state index contributed by atoms with van der Waals surface area (Å²) in [6, 6.07) is -3.84. The van der Waals surface area contributed by atoms with Gasteiger partial charge in [-0.15, -0.1) is 0 Å². The molecule has 11 heteroatoms. The quantitative estimate of drug-likeness (QED) is 0.271. The van der Waals surface area contributed by atoms with Crippen molar-refractivity contribution >= 4 is 29.6 Å². The molecule has 1 aliphatic rings. The third kappa shape index (κ3) is 7.62. The fourth-order valence-corrected chi connectivity index (χ4v) is 3.32. The first-order chi connectivity index (χ1) is 13.9. The monoisotopic (exact) mass is 427 g/mol. The number of carbonyl (C=O) groups excluding carboxylic acids is 4. The number of rotatable bonds is 11. The number of carbonyl (C=O) groups is 5. The molecule has 1 heterocycles. The Hall–Kier alpha value is -2.69. The molecule has 0 aromatic carbocycles. The van der Waals surface area contributed by atoms with E-state index < -0.39 is 47.9 Å². The smallest absolute Gasteiger partial charge is 0.325 e. The van der Waals surface area contributed by atoms with E-state index in [0.29, 0.717) is 25.8 Å². The average molecular weight is 428 g/mol. The van der Waals surface area contributed by atoms with Gasteiger partial charge in [-0.05, 0) is 38.5 Å². The number of amides is 4. The van der Waals surface area contributed by atoms with E-state index in [1.807, 2.05) is 13.8 Å². The molecule has 7 N–H and O–H groups in total. The van der Waals surface area contributed by atoms with Crippen molar-refractivity contribution < 1.29 is 29.1 Å². The van der Waals surface area contributed by atoms with Gasteiger partial charge in [-0.25, -0.2) is 0 Å². The van der Waals surface area contributed by atoms with Crippen LogP contribution in [0.2, 0.25) is 0 Å². The molecule has 0 saturated carbocycles.